The first kappa shape index (κ1) is 12.4. The highest BCUT2D eigenvalue weighted by atomic mass is 16.3. The summed E-state index contributed by atoms with van der Waals surface area (Å²) in [5, 5.41) is 10.8. The molecule has 2 fully saturated rings. The van der Waals surface area contributed by atoms with Crippen molar-refractivity contribution in [2.24, 2.45) is 5.92 Å². The minimum atomic E-state index is -0.342. The van der Waals surface area contributed by atoms with Gasteiger partial charge in [0.25, 0.3) is 0 Å². The summed E-state index contributed by atoms with van der Waals surface area (Å²) in [5.74, 6) is 1.14. The van der Waals surface area contributed by atoms with E-state index in [4.69, 9.17) is 0 Å². The Labute approximate surface area is 119 Å². The number of pyridine rings is 1. The molecule has 20 heavy (non-hydrogen) atoms. The summed E-state index contributed by atoms with van der Waals surface area (Å²) in [6.07, 6.45) is 12.2. The highest BCUT2D eigenvalue weighted by Crippen LogP contribution is 2.42. The minimum absolute atomic E-state index is 0.342. The van der Waals surface area contributed by atoms with Gasteiger partial charge in [0.1, 0.15) is 0 Å². The molecule has 2 aliphatic carbocycles. The molecule has 0 amide bonds. The molecule has 3 heteroatoms. The van der Waals surface area contributed by atoms with Crippen LogP contribution < -0.4 is 0 Å². The van der Waals surface area contributed by atoms with Crippen molar-refractivity contribution in [1.29, 1.82) is 0 Å². The molecule has 0 saturated heterocycles. The number of rotatable bonds is 3. The average molecular weight is 270 g/mol. The van der Waals surface area contributed by atoms with Gasteiger partial charge in [0.15, 0.2) is 0 Å². The van der Waals surface area contributed by atoms with Crippen LogP contribution in [0.4, 0.5) is 0 Å². The van der Waals surface area contributed by atoms with E-state index in [9.17, 15) is 5.11 Å². The topological polar surface area (TPSA) is 37.5 Å². The molecule has 0 radical (unpaired) electrons. The molecule has 3 nitrogen and oxygen atoms in total. The summed E-state index contributed by atoms with van der Waals surface area (Å²) < 4.78 is 2.07. The monoisotopic (exact) mass is 270 g/mol. The Bertz CT molecular complexity index is 608. The number of aliphatic hydroxyl groups excluding tert-OH is 1. The number of fused-ring (bicyclic) bond motifs is 1. The molecule has 106 valence electrons. The predicted octanol–water partition coefficient (Wildman–Crippen LogP) is 3.83. The molecule has 1 N–H and O–H groups in total. The second kappa shape index (κ2) is 4.88. The number of hydrogen-bond donors (Lipinski definition) is 1. The van der Waals surface area contributed by atoms with Crippen LogP contribution in [0.3, 0.4) is 0 Å². The second-order valence-corrected chi connectivity index (χ2v) is 6.52. The van der Waals surface area contributed by atoms with Gasteiger partial charge < -0.3 is 9.51 Å². The molecule has 0 spiro atoms. The van der Waals surface area contributed by atoms with E-state index in [-0.39, 0.29) is 6.10 Å². The van der Waals surface area contributed by atoms with Crippen molar-refractivity contribution in [2.45, 2.75) is 57.0 Å². The average Bonchev–Trinajstić information content (AvgIpc) is 3.24. The van der Waals surface area contributed by atoms with E-state index < -0.39 is 0 Å². The van der Waals surface area contributed by atoms with E-state index in [1.165, 1.54) is 37.7 Å². The summed E-state index contributed by atoms with van der Waals surface area (Å²) in [7, 11) is 0. The van der Waals surface area contributed by atoms with E-state index in [1.54, 1.807) is 0 Å². The fraction of sp³-hybridized carbons (Fsp3) is 0.588. The van der Waals surface area contributed by atoms with E-state index >= 15 is 0 Å². The third-order valence-corrected chi connectivity index (χ3v) is 5.02. The van der Waals surface area contributed by atoms with Gasteiger partial charge in [0.05, 0.1) is 29.8 Å². The Kier molecular flexibility index (Phi) is 3.03. The van der Waals surface area contributed by atoms with Gasteiger partial charge in [-0.3, -0.25) is 0 Å². The zero-order chi connectivity index (χ0) is 13.5. The lowest BCUT2D eigenvalue weighted by molar-refractivity contribution is 0.0801. The third-order valence-electron chi connectivity index (χ3n) is 5.02. The van der Waals surface area contributed by atoms with Crippen LogP contribution in [0.1, 0.15) is 68.2 Å². The Balaban J connectivity index is 1.74. The molecule has 1 unspecified atom stereocenters. The van der Waals surface area contributed by atoms with E-state index in [0.717, 1.165) is 24.1 Å². The molecular weight excluding hydrogens is 248 g/mol. The lowest BCUT2D eigenvalue weighted by atomic mass is 9.83. The van der Waals surface area contributed by atoms with Gasteiger partial charge in [-0.05, 0) is 55.2 Å². The predicted molar refractivity (Wildman–Crippen MR) is 78.7 cm³/mol. The zero-order valence-corrected chi connectivity index (χ0v) is 11.8. The molecule has 0 aliphatic heterocycles. The Morgan fingerprint density at radius 3 is 2.65 bits per heavy atom. The normalized spacial score (nSPS) is 22.2. The molecule has 2 aliphatic rings. The summed E-state index contributed by atoms with van der Waals surface area (Å²) in [5.41, 5.74) is 3.57. The maximum absolute atomic E-state index is 10.8. The van der Waals surface area contributed by atoms with Gasteiger partial charge in [-0.1, -0.05) is 19.3 Å². The smallest absolute Gasteiger partial charge is 0.0995 e. The quantitative estimate of drug-likeness (QED) is 0.920. The number of hydrogen-bond acceptors (Lipinski definition) is 2. The molecule has 1 atom stereocenters. The Hall–Kier alpha value is -1.35. The summed E-state index contributed by atoms with van der Waals surface area (Å²) in [4.78, 5) is 4.26. The molecule has 2 heterocycles. The number of nitrogens with zero attached hydrogens (tertiary/aromatic N) is 2. The van der Waals surface area contributed by atoms with Gasteiger partial charge in [-0.15, -0.1) is 0 Å². The van der Waals surface area contributed by atoms with E-state index in [0.29, 0.717) is 11.8 Å². The van der Waals surface area contributed by atoms with E-state index in [2.05, 4.69) is 21.5 Å². The van der Waals surface area contributed by atoms with Crippen LogP contribution >= 0.6 is 0 Å². The van der Waals surface area contributed by atoms with Crippen LogP contribution in [0, 0.1) is 5.92 Å². The first-order valence-corrected chi connectivity index (χ1v) is 7.97. The van der Waals surface area contributed by atoms with Gasteiger partial charge in [-0.25, -0.2) is 4.98 Å². The summed E-state index contributed by atoms with van der Waals surface area (Å²) in [6.45, 7) is 0. The van der Waals surface area contributed by atoms with Gasteiger partial charge >= 0.3 is 0 Å². The van der Waals surface area contributed by atoms with Crippen LogP contribution in [0.2, 0.25) is 0 Å². The van der Waals surface area contributed by atoms with Crippen molar-refractivity contribution >= 4 is 5.52 Å². The molecule has 2 aromatic rings. The van der Waals surface area contributed by atoms with Crippen molar-refractivity contribution in [3.63, 3.8) is 0 Å². The van der Waals surface area contributed by atoms with Crippen molar-refractivity contribution in [3.8, 4) is 0 Å². The standard InChI is InChI=1S/C17H22N2O/c20-17(13-4-2-1-3-5-13)16-9-14(12-6-7-12)8-15-10-18-11-19(15)16/h8-13,17,20H,1-7H2. The number of aliphatic hydroxyl groups is 1. The highest BCUT2D eigenvalue weighted by Gasteiger charge is 2.28. The SMILES string of the molecule is OC(c1cc(C2CC2)cc2cncn12)C1CCCCC1. The van der Waals surface area contributed by atoms with Crippen molar-refractivity contribution in [1.82, 2.24) is 9.38 Å². The van der Waals surface area contributed by atoms with Crippen molar-refractivity contribution in [3.05, 3.63) is 35.9 Å². The van der Waals surface area contributed by atoms with Gasteiger partial charge in [-0.2, -0.15) is 0 Å². The van der Waals surface area contributed by atoms with Crippen LogP contribution in [-0.2, 0) is 0 Å². The van der Waals surface area contributed by atoms with Crippen LogP contribution in [0.25, 0.3) is 5.52 Å². The maximum atomic E-state index is 10.8. The highest BCUT2D eigenvalue weighted by molar-refractivity contribution is 5.51. The van der Waals surface area contributed by atoms with E-state index in [1.807, 2.05) is 12.5 Å². The van der Waals surface area contributed by atoms with Crippen LogP contribution in [-0.4, -0.2) is 14.5 Å². The number of aromatic nitrogens is 2. The summed E-state index contributed by atoms with van der Waals surface area (Å²) in [6, 6.07) is 4.47. The van der Waals surface area contributed by atoms with Crippen LogP contribution in [0.15, 0.2) is 24.7 Å². The molecule has 0 aromatic carbocycles. The van der Waals surface area contributed by atoms with Crippen molar-refractivity contribution < 1.29 is 5.11 Å². The van der Waals surface area contributed by atoms with Gasteiger partial charge in [0, 0.05) is 0 Å². The van der Waals surface area contributed by atoms with Gasteiger partial charge in [0.2, 0.25) is 0 Å². The second-order valence-electron chi connectivity index (χ2n) is 6.52. The zero-order valence-electron chi connectivity index (χ0n) is 11.8. The minimum Gasteiger partial charge on any atom is -0.387 e. The lowest BCUT2D eigenvalue weighted by Crippen LogP contribution is -2.18. The fourth-order valence-corrected chi connectivity index (χ4v) is 3.65. The fourth-order valence-electron chi connectivity index (χ4n) is 3.65. The summed E-state index contributed by atoms with van der Waals surface area (Å²) >= 11 is 0. The first-order chi connectivity index (χ1) is 9.83. The molecule has 2 saturated carbocycles. The maximum Gasteiger partial charge on any atom is 0.0995 e. The lowest BCUT2D eigenvalue weighted by Gasteiger charge is -2.27. The molecule has 4 rings (SSSR count). The molecule has 2 aromatic heterocycles. The molecule has 0 bridgehead atoms. The third kappa shape index (κ3) is 2.14. The molecular formula is C17H22N2O. The first-order valence-electron chi connectivity index (χ1n) is 7.97. The Morgan fingerprint density at radius 2 is 1.90 bits per heavy atom. The number of imidazole rings is 1. The Morgan fingerprint density at radius 1 is 1.10 bits per heavy atom. The van der Waals surface area contributed by atoms with Crippen LogP contribution in [0.5, 0.6) is 0 Å². The van der Waals surface area contributed by atoms with Crippen molar-refractivity contribution in [2.75, 3.05) is 0 Å². The largest absolute Gasteiger partial charge is 0.387 e.